The van der Waals surface area contributed by atoms with E-state index in [0.717, 1.165) is 38.1 Å². The fourth-order valence-corrected chi connectivity index (χ4v) is 6.19. The molecular formula is C18H40O4Si. The molecule has 0 bridgehead atoms. The monoisotopic (exact) mass is 348 g/mol. The van der Waals surface area contributed by atoms with Gasteiger partial charge in [-0.1, -0.05) is 27.7 Å². The second-order valence-electron chi connectivity index (χ2n) is 6.87. The largest absolute Gasteiger partial charge is 0.392 e. The summed E-state index contributed by atoms with van der Waals surface area (Å²) in [5, 5.41) is 0. The van der Waals surface area contributed by atoms with E-state index in [-0.39, 0.29) is 0 Å². The van der Waals surface area contributed by atoms with Crippen molar-refractivity contribution in [1.29, 1.82) is 0 Å². The lowest BCUT2D eigenvalue weighted by molar-refractivity contribution is 0.0632. The lowest BCUT2D eigenvalue weighted by atomic mass is 10.2. The van der Waals surface area contributed by atoms with Crippen LogP contribution in [0, 0.1) is 11.8 Å². The zero-order chi connectivity index (χ0) is 17.6. The van der Waals surface area contributed by atoms with Gasteiger partial charge in [-0.2, -0.15) is 0 Å². The first-order valence-electron chi connectivity index (χ1n) is 9.39. The lowest BCUT2D eigenvalue weighted by Gasteiger charge is -2.32. The topological polar surface area (TPSA) is 36.9 Å². The quantitative estimate of drug-likeness (QED) is 0.301. The van der Waals surface area contributed by atoms with Crippen LogP contribution in [-0.2, 0) is 18.3 Å². The molecular weight excluding hydrogens is 308 g/mol. The summed E-state index contributed by atoms with van der Waals surface area (Å²) >= 11 is 0. The van der Waals surface area contributed by atoms with E-state index in [2.05, 4.69) is 27.7 Å². The summed E-state index contributed by atoms with van der Waals surface area (Å²) in [6, 6.07) is 2.13. The van der Waals surface area contributed by atoms with Gasteiger partial charge in [-0.3, -0.25) is 0 Å². The summed E-state index contributed by atoms with van der Waals surface area (Å²) in [6.45, 7) is 17.2. The maximum atomic E-state index is 6.35. The Labute approximate surface area is 145 Å². The number of ether oxygens (including phenoxy) is 2. The molecule has 0 aliphatic heterocycles. The van der Waals surface area contributed by atoms with Crippen LogP contribution in [0.4, 0.5) is 0 Å². The SMILES string of the molecule is CCOCCO[Si](CCC(C)C)(CCC(C)C)OCCOCC. The summed E-state index contributed by atoms with van der Waals surface area (Å²) in [4.78, 5) is 0. The highest BCUT2D eigenvalue weighted by atomic mass is 28.4. The molecule has 0 aromatic carbocycles. The Bertz CT molecular complexity index is 233. The van der Waals surface area contributed by atoms with Gasteiger partial charge in [0, 0.05) is 13.2 Å². The molecule has 0 heterocycles. The molecule has 0 saturated heterocycles. The highest BCUT2D eigenvalue weighted by Gasteiger charge is 2.37. The third-order valence-electron chi connectivity index (χ3n) is 3.80. The molecule has 0 aromatic rings. The van der Waals surface area contributed by atoms with Crippen molar-refractivity contribution in [2.24, 2.45) is 11.8 Å². The number of rotatable bonds is 16. The standard InChI is InChI=1S/C18H40O4Si/c1-7-19-11-13-21-23(15-9-17(3)4,16-10-18(5)6)22-14-12-20-8-2/h17-18H,7-16H2,1-6H3. The molecule has 0 radical (unpaired) electrons. The summed E-state index contributed by atoms with van der Waals surface area (Å²) in [5.74, 6) is 1.35. The summed E-state index contributed by atoms with van der Waals surface area (Å²) < 4.78 is 23.6. The first kappa shape index (κ1) is 23.1. The number of hydrogen-bond acceptors (Lipinski definition) is 4. The van der Waals surface area contributed by atoms with Crippen LogP contribution in [-0.4, -0.2) is 48.2 Å². The predicted octanol–water partition coefficient (Wildman–Crippen LogP) is 4.63. The molecule has 0 N–H and O–H groups in total. The molecule has 0 aliphatic rings. The fraction of sp³-hybridized carbons (Fsp3) is 1.00. The van der Waals surface area contributed by atoms with Crippen LogP contribution in [0.3, 0.4) is 0 Å². The van der Waals surface area contributed by atoms with E-state index < -0.39 is 8.56 Å². The van der Waals surface area contributed by atoms with Gasteiger partial charge in [-0.05, 0) is 50.6 Å². The van der Waals surface area contributed by atoms with E-state index in [1.807, 2.05) is 13.8 Å². The molecule has 0 atom stereocenters. The van der Waals surface area contributed by atoms with Gasteiger partial charge in [0.1, 0.15) is 0 Å². The van der Waals surface area contributed by atoms with Crippen LogP contribution < -0.4 is 0 Å². The first-order valence-corrected chi connectivity index (χ1v) is 11.6. The molecule has 0 aromatic heterocycles. The minimum absolute atomic E-state index is 0.644. The van der Waals surface area contributed by atoms with Crippen molar-refractivity contribution >= 4 is 8.56 Å². The fourth-order valence-electron chi connectivity index (χ4n) is 2.33. The normalized spacial score (nSPS) is 12.5. The first-order chi connectivity index (χ1) is 11.0. The Hall–Kier alpha value is 0.0569. The molecule has 0 amide bonds. The third-order valence-corrected chi connectivity index (χ3v) is 7.36. The van der Waals surface area contributed by atoms with Crippen molar-refractivity contribution in [3.05, 3.63) is 0 Å². The van der Waals surface area contributed by atoms with E-state index in [0.29, 0.717) is 38.3 Å². The average molecular weight is 349 g/mol. The van der Waals surface area contributed by atoms with Crippen LogP contribution in [0.15, 0.2) is 0 Å². The summed E-state index contributed by atoms with van der Waals surface area (Å²) in [6.07, 6.45) is 2.32. The van der Waals surface area contributed by atoms with Crippen molar-refractivity contribution < 1.29 is 18.3 Å². The number of hydrogen-bond donors (Lipinski definition) is 0. The summed E-state index contributed by atoms with van der Waals surface area (Å²) in [5.41, 5.74) is 0. The Kier molecular flexibility index (Phi) is 14.4. The Morgan fingerprint density at radius 3 is 1.35 bits per heavy atom. The van der Waals surface area contributed by atoms with Crippen LogP contribution in [0.1, 0.15) is 54.4 Å². The van der Waals surface area contributed by atoms with Crippen molar-refractivity contribution in [3.63, 3.8) is 0 Å². The Balaban J connectivity index is 4.69. The minimum Gasteiger partial charge on any atom is -0.392 e. The van der Waals surface area contributed by atoms with Gasteiger partial charge in [0.15, 0.2) is 0 Å². The third kappa shape index (κ3) is 13.1. The van der Waals surface area contributed by atoms with Crippen molar-refractivity contribution in [1.82, 2.24) is 0 Å². The summed E-state index contributed by atoms with van der Waals surface area (Å²) in [7, 11) is -2.18. The van der Waals surface area contributed by atoms with Crippen molar-refractivity contribution in [2.75, 3.05) is 39.6 Å². The molecule has 5 heteroatoms. The van der Waals surface area contributed by atoms with E-state index in [1.165, 1.54) is 0 Å². The molecule has 140 valence electrons. The van der Waals surface area contributed by atoms with Gasteiger partial charge < -0.3 is 18.3 Å². The smallest absolute Gasteiger partial charge is 0.338 e. The molecule has 0 fully saturated rings. The molecule has 4 nitrogen and oxygen atoms in total. The maximum absolute atomic E-state index is 6.35. The van der Waals surface area contributed by atoms with E-state index in [1.54, 1.807) is 0 Å². The molecule has 0 unspecified atom stereocenters. The second kappa shape index (κ2) is 14.4. The van der Waals surface area contributed by atoms with Crippen molar-refractivity contribution in [3.8, 4) is 0 Å². The predicted molar refractivity (Wildman–Crippen MR) is 99.2 cm³/mol. The highest BCUT2D eigenvalue weighted by Crippen LogP contribution is 2.27. The van der Waals surface area contributed by atoms with Crippen LogP contribution >= 0.6 is 0 Å². The van der Waals surface area contributed by atoms with E-state index >= 15 is 0 Å². The van der Waals surface area contributed by atoms with Gasteiger partial charge in [-0.25, -0.2) is 0 Å². The van der Waals surface area contributed by atoms with Gasteiger partial charge in [0.2, 0.25) is 0 Å². The molecule has 0 rings (SSSR count). The van der Waals surface area contributed by atoms with Crippen molar-refractivity contribution in [2.45, 2.75) is 66.5 Å². The Morgan fingerprint density at radius 1 is 0.652 bits per heavy atom. The molecule has 0 saturated carbocycles. The van der Waals surface area contributed by atoms with Gasteiger partial charge in [0.25, 0.3) is 0 Å². The molecule has 23 heavy (non-hydrogen) atoms. The van der Waals surface area contributed by atoms with Gasteiger partial charge in [0.05, 0.1) is 26.4 Å². The average Bonchev–Trinajstić information content (AvgIpc) is 2.51. The molecule has 0 spiro atoms. The Morgan fingerprint density at radius 2 is 1.04 bits per heavy atom. The minimum atomic E-state index is -2.18. The van der Waals surface area contributed by atoms with Crippen LogP contribution in [0.2, 0.25) is 12.1 Å². The van der Waals surface area contributed by atoms with Crippen LogP contribution in [0.25, 0.3) is 0 Å². The zero-order valence-corrected chi connectivity index (χ0v) is 17.4. The zero-order valence-electron chi connectivity index (χ0n) is 16.4. The van der Waals surface area contributed by atoms with E-state index in [9.17, 15) is 0 Å². The van der Waals surface area contributed by atoms with Gasteiger partial charge >= 0.3 is 8.56 Å². The highest BCUT2D eigenvalue weighted by molar-refractivity contribution is 6.67. The second-order valence-corrected chi connectivity index (χ2v) is 10.3. The van der Waals surface area contributed by atoms with Crippen LogP contribution in [0.5, 0.6) is 0 Å². The lowest BCUT2D eigenvalue weighted by Crippen LogP contribution is -2.44. The maximum Gasteiger partial charge on any atom is 0.338 e. The van der Waals surface area contributed by atoms with Gasteiger partial charge in [-0.15, -0.1) is 0 Å². The van der Waals surface area contributed by atoms with E-state index in [4.69, 9.17) is 18.3 Å². The molecule has 0 aliphatic carbocycles.